The second-order valence-electron chi connectivity index (χ2n) is 9.04. The molecule has 0 radical (unpaired) electrons. The van der Waals surface area contributed by atoms with E-state index in [1.807, 2.05) is 0 Å². The molecule has 0 aromatic heterocycles. The third kappa shape index (κ3) is 4.76. The molecule has 1 saturated carbocycles. The first-order chi connectivity index (χ1) is 16.0. The second-order valence-corrected chi connectivity index (χ2v) is 9.04. The molecule has 2 heterocycles. The van der Waals surface area contributed by atoms with Gasteiger partial charge in [-0.3, -0.25) is 10.2 Å². The van der Waals surface area contributed by atoms with Crippen LogP contribution >= 0.6 is 0 Å². The van der Waals surface area contributed by atoms with Crippen molar-refractivity contribution in [2.75, 3.05) is 13.6 Å². The number of amidine groups is 1. The van der Waals surface area contributed by atoms with Crippen LogP contribution in [0.4, 0.5) is 13.2 Å². The predicted molar refractivity (Wildman–Crippen MR) is 123 cm³/mol. The second kappa shape index (κ2) is 9.09. The van der Waals surface area contributed by atoms with Crippen molar-refractivity contribution in [3.63, 3.8) is 0 Å². The Morgan fingerprint density at radius 2 is 2.00 bits per heavy atom. The number of hydrogen-bond donors (Lipinski definition) is 2. The average molecular weight is 472 g/mol. The standard InChI is InChI=1S/C25H25F3N4O2/c1-14-10-17(25(26,27)28)11-20(33)22(14)19-8-7-18(24(29)31-19)23(16-4-3-5-16)30-12-15-6-9-21(34)32(2)13-15/h7-8,10-11,15-16H,3-6,9,13H2,1-2H3,(H-,29,31,33)/p+1/b23-18-. The Labute approximate surface area is 195 Å². The summed E-state index contributed by atoms with van der Waals surface area (Å²) in [6, 6.07) is 4.81. The number of allylic oxidation sites excluding steroid dienone is 2. The zero-order valence-corrected chi connectivity index (χ0v) is 19.0. The number of aliphatic imine (C=N–C) groups is 1. The number of phenolic OH excluding ortho intramolecular Hbond substituents is 1. The van der Waals surface area contributed by atoms with E-state index < -0.39 is 17.5 Å². The maximum Gasteiger partial charge on any atom is 0.416 e. The highest BCUT2D eigenvalue weighted by atomic mass is 19.4. The molecule has 2 aliphatic heterocycles. The van der Waals surface area contributed by atoms with Gasteiger partial charge in [0.25, 0.3) is 6.07 Å². The summed E-state index contributed by atoms with van der Waals surface area (Å²) in [6.07, 6.45) is 2.83. The van der Waals surface area contributed by atoms with Gasteiger partial charge in [-0.15, -0.1) is 0 Å². The summed E-state index contributed by atoms with van der Waals surface area (Å²) in [6.45, 7) is 2.03. The van der Waals surface area contributed by atoms with Gasteiger partial charge in [-0.2, -0.15) is 13.2 Å². The van der Waals surface area contributed by atoms with Crippen LogP contribution in [0.1, 0.15) is 48.8 Å². The molecule has 3 aliphatic rings. The lowest BCUT2D eigenvalue weighted by Crippen LogP contribution is -2.36. The summed E-state index contributed by atoms with van der Waals surface area (Å²) in [7, 11) is 1.76. The Balaban J connectivity index is 1.64. The van der Waals surface area contributed by atoms with Crippen LogP contribution < -0.4 is 0 Å². The molecule has 0 bridgehead atoms. The molecule has 1 aliphatic carbocycles. The Morgan fingerprint density at radius 1 is 1.26 bits per heavy atom. The molecule has 2 fully saturated rings. The van der Waals surface area contributed by atoms with Gasteiger partial charge in [0, 0.05) is 25.6 Å². The molecule has 34 heavy (non-hydrogen) atoms. The van der Waals surface area contributed by atoms with Crippen molar-refractivity contribution in [3.8, 4) is 11.8 Å². The average Bonchev–Trinajstić information content (AvgIpc) is 2.71. The molecule has 1 aromatic carbocycles. The fourth-order valence-electron chi connectivity index (χ4n) is 4.40. The first-order valence-corrected chi connectivity index (χ1v) is 11.3. The molecule has 6 nitrogen and oxygen atoms in total. The van der Waals surface area contributed by atoms with E-state index in [1.165, 1.54) is 6.92 Å². The van der Waals surface area contributed by atoms with E-state index in [0.29, 0.717) is 31.0 Å². The van der Waals surface area contributed by atoms with Crippen LogP contribution in [0.25, 0.3) is 4.85 Å². The van der Waals surface area contributed by atoms with Gasteiger partial charge in [0.1, 0.15) is 17.2 Å². The summed E-state index contributed by atoms with van der Waals surface area (Å²) in [5, 5.41) is 18.8. The van der Waals surface area contributed by atoms with E-state index in [-0.39, 0.29) is 40.4 Å². The van der Waals surface area contributed by atoms with Crippen molar-refractivity contribution in [3.05, 3.63) is 57.1 Å². The number of nitrogens with zero attached hydrogens (tertiary/aromatic N) is 3. The fraction of sp³-hybridized carbons (Fsp3) is 0.440. The number of likely N-dealkylation sites (tertiary alicyclic amines) is 1. The molecule has 9 heteroatoms. The normalized spacial score (nSPS) is 22.7. The summed E-state index contributed by atoms with van der Waals surface area (Å²) >= 11 is 0. The molecule has 1 saturated heterocycles. The number of piperidine rings is 1. The quantitative estimate of drug-likeness (QED) is 0.613. The molecular formula is C25H26F3N4O2+. The van der Waals surface area contributed by atoms with Gasteiger partial charge in [0.15, 0.2) is 5.84 Å². The highest BCUT2D eigenvalue weighted by molar-refractivity contribution is 6.21. The van der Waals surface area contributed by atoms with Crippen molar-refractivity contribution >= 4 is 17.5 Å². The van der Waals surface area contributed by atoms with E-state index >= 15 is 0 Å². The van der Waals surface area contributed by atoms with Gasteiger partial charge in [0.2, 0.25) is 5.91 Å². The van der Waals surface area contributed by atoms with Gasteiger partial charge in [-0.05, 0) is 60.9 Å². The number of rotatable bonds is 2. The van der Waals surface area contributed by atoms with Crippen LogP contribution in [0.5, 0.6) is 5.75 Å². The van der Waals surface area contributed by atoms with E-state index in [4.69, 9.17) is 5.41 Å². The number of carbonyl (C=O) groups excluding carboxylic acids is 1. The Bertz CT molecular complexity index is 1170. The Kier molecular flexibility index (Phi) is 6.34. The molecular weight excluding hydrogens is 445 g/mol. The molecule has 4 rings (SSSR count). The largest absolute Gasteiger partial charge is 0.507 e. The monoisotopic (exact) mass is 471 g/mol. The fourth-order valence-corrected chi connectivity index (χ4v) is 4.40. The van der Waals surface area contributed by atoms with E-state index in [1.54, 1.807) is 24.1 Å². The number of amides is 1. The van der Waals surface area contributed by atoms with Crippen LogP contribution in [0, 0.1) is 30.2 Å². The van der Waals surface area contributed by atoms with E-state index in [9.17, 15) is 23.1 Å². The van der Waals surface area contributed by atoms with E-state index in [0.717, 1.165) is 31.0 Å². The van der Waals surface area contributed by atoms with Crippen molar-refractivity contribution in [1.29, 1.82) is 5.41 Å². The minimum absolute atomic E-state index is 0.0194. The number of alkyl halides is 3. The molecule has 1 unspecified atom stereocenters. The molecule has 1 aromatic rings. The van der Waals surface area contributed by atoms with Gasteiger partial charge in [-0.1, -0.05) is 6.42 Å². The summed E-state index contributed by atoms with van der Waals surface area (Å²) < 4.78 is 39.2. The third-order valence-electron chi connectivity index (χ3n) is 6.56. The van der Waals surface area contributed by atoms with Gasteiger partial charge < -0.3 is 10.0 Å². The molecule has 0 spiro atoms. The summed E-state index contributed by atoms with van der Waals surface area (Å²) in [4.78, 5) is 22.3. The van der Waals surface area contributed by atoms with Crippen molar-refractivity contribution in [2.45, 2.75) is 45.2 Å². The van der Waals surface area contributed by atoms with E-state index in [2.05, 4.69) is 15.9 Å². The Hall–Kier alpha value is -3.41. The maximum absolute atomic E-state index is 13.1. The van der Waals surface area contributed by atoms with Crippen molar-refractivity contribution < 1.29 is 23.1 Å². The topological polar surface area (TPSA) is 81.1 Å². The van der Waals surface area contributed by atoms with Crippen LogP contribution in [0.2, 0.25) is 0 Å². The number of nitrogens with one attached hydrogen (secondary N) is 1. The van der Waals surface area contributed by atoms with Crippen LogP contribution in [0.15, 0.2) is 40.5 Å². The number of carbonyl (C=O) groups is 1. The molecule has 178 valence electrons. The number of aromatic hydroxyl groups is 1. The number of hydrogen-bond acceptors (Lipinski definition) is 3. The summed E-state index contributed by atoms with van der Waals surface area (Å²) in [5.74, 6) is -0.271. The van der Waals surface area contributed by atoms with Crippen molar-refractivity contribution in [2.24, 2.45) is 16.8 Å². The first-order valence-electron chi connectivity index (χ1n) is 11.3. The SMILES string of the molecule is Cc1cc(C(F)(F)F)cc(O)c1C1=NC(=N)/C(=C(\[N+]#CC2CCC(=O)N(C)C2)C2CCC2)C=C1. The Morgan fingerprint density at radius 3 is 2.56 bits per heavy atom. The maximum atomic E-state index is 13.1. The number of phenols is 1. The summed E-state index contributed by atoms with van der Waals surface area (Å²) in [5.41, 5.74) is 0.953. The minimum atomic E-state index is -4.57. The van der Waals surface area contributed by atoms with Crippen LogP contribution in [-0.4, -0.2) is 41.1 Å². The molecule has 2 N–H and O–H groups in total. The number of aryl methyl sites for hydroxylation is 1. The van der Waals surface area contributed by atoms with Gasteiger partial charge >= 0.3 is 11.9 Å². The van der Waals surface area contributed by atoms with Crippen LogP contribution in [0.3, 0.4) is 0 Å². The minimum Gasteiger partial charge on any atom is -0.507 e. The van der Waals surface area contributed by atoms with Crippen molar-refractivity contribution in [1.82, 2.24) is 4.90 Å². The highest BCUT2D eigenvalue weighted by Gasteiger charge is 2.36. The third-order valence-corrected chi connectivity index (χ3v) is 6.56. The lowest BCUT2D eigenvalue weighted by molar-refractivity contribution is -0.137. The van der Waals surface area contributed by atoms with Gasteiger partial charge in [-0.25, -0.2) is 4.99 Å². The number of benzene rings is 1. The smallest absolute Gasteiger partial charge is 0.416 e. The number of dihydropyridines is 1. The molecule has 1 amide bonds. The number of halogens is 3. The zero-order valence-electron chi connectivity index (χ0n) is 19.0. The van der Waals surface area contributed by atoms with Crippen LogP contribution in [-0.2, 0) is 11.0 Å². The zero-order chi connectivity index (χ0) is 24.6. The molecule has 1 atom stereocenters. The lowest BCUT2D eigenvalue weighted by Gasteiger charge is -2.24. The highest BCUT2D eigenvalue weighted by Crippen LogP contribution is 2.38. The predicted octanol–water partition coefficient (Wildman–Crippen LogP) is 5.31. The first kappa shape index (κ1) is 23.7. The van der Waals surface area contributed by atoms with Gasteiger partial charge in [0.05, 0.1) is 17.2 Å². The lowest BCUT2D eigenvalue weighted by atomic mass is 9.80.